The highest BCUT2D eigenvalue weighted by molar-refractivity contribution is 5.79. The molecule has 0 aromatic rings. The molecular formula is C15H24N2O. The lowest BCUT2D eigenvalue weighted by atomic mass is 9.75. The third kappa shape index (κ3) is 2.20. The first-order valence-electron chi connectivity index (χ1n) is 7.52. The zero-order chi connectivity index (χ0) is 12.5. The third-order valence-electron chi connectivity index (χ3n) is 4.84. The minimum absolute atomic E-state index is 0.230. The molecule has 0 aromatic heterocycles. The molecule has 18 heavy (non-hydrogen) atoms. The quantitative estimate of drug-likeness (QED) is 0.814. The minimum Gasteiger partial charge on any atom is -0.330 e. The molecule has 0 unspecified atom stereocenters. The van der Waals surface area contributed by atoms with Crippen LogP contribution < -0.4 is 5.32 Å². The molecule has 1 fully saturated rings. The molecule has 1 N–H and O–H groups in total. The number of allylic oxidation sites excluding steroid dienone is 1. The van der Waals surface area contributed by atoms with Crippen LogP contribution in [0.15, 0.2) is 11.3 Å². The van der Waals surface area contributed by atoms with Crippen molar-refractivity contribution in [3.8, 4) is 0 Å². The molecular weight excluding hydrogens is 224 g/mol. The maximum Gasteiger partial charge on any atom is 0.224 e. The Morgan fingerprint density at radius 3 is 3.06 bits per heavy atom. The molecule has 3 aliphatic rings. The molecule has 3 rings (SSSR count). The van der Waals surface area contributed by atoms with Crippen molar-refractivity contribution in [2.45, 2.75) is 57.9 Å². The van der Waals surface area contributed by atoms with Crippen molar-refractivity contribution in [1.82, 2.24) is 10.2 Å². The van der Waals surface area contributed by atoms with Crippen molar-refractivity contribution < 1.29 is 4.79 Å². The Balaban J connectivity index is 1.77. The van der Waals surface area contributed by atoms with Crippen LogP contribution in [0.3, 0.4) is 0 Å². The predicted octanol–water partition coefficient (Wildman–Crippen LogP) is 2.43. The number of carbonyl (C=O) groups is 1. The monoisotopic (exact) mass is 248 g/mol. The summed E-state index contributed by atoms with van der Waals surface area (Å²) in [4.78, 5) is 14.2. The van der Waals surface area contributed by atoms with Gasteiger partial charge in [0.25, 0.3) is 0 Å². The first kappa shape index (κ1) is 12.2. The molecule has 1 amide bonds. The number of amides is 1. The van der Waals surface area contributed by atoms with E-state index in [4.69, 9.17) is 0 Å². The third-order valence-corrected chi connectivity index (χ3v) is 4.84. The van der Waals surface area contributed by atoms with E-state index >= 15 is 0 Å². The van der Waals surface area contributed by atoms with E-state index in [0.29, 0.717) is 6.42 Å². The Labute approximate surface area is 110 Å². The van der Waals surface area contributed by atoms with Gasteiger partial charge in [-0.15, -0.1) is 0 Å². The zero-order valence-electron chi connectivity index (χ0n) is 11.4. The summed E-state index contributed by atoms with van der Waals surface area (Å²) in [7, 11) is 0. The minimum atomic E-state index is 0.230. The molecule has 0 aromatic carbocycles. The number of hydrogen-bond donors (Lipinski definition) is 1. The first-order valence-corrected chi connectivity index (χ1v) is 7.52. The molecule has 2 atom stereocenters. The van der Waals surface area contributed by atoms with E-state index in [1.54, 1.807) is 5.57 Å². The predicted molar refractivity (Wildman–Crippen MR) is 72.0 cm³/mol. The van der Waals surface area contributed by atoms with Crippen molar-refractivity contribution in [2.75, 3.05) is 13.1 Å². The van der Waals surface area contributed by atoms with Crippen LogP contribution in [-0.4, -0.2) is 29.9 Å². The lowest BCUT2D eigenvalue weighted by Crippen LogP contribution is -2.49. The van der Waals surface area contributed by atoms with Gasteiger partial charge in [0.1, 0.15) is 0 Å². The van der Waals surface area contributed by atoms with E-state index in [0.717, 1.165) is 24.8 Å². The molecule has 1 aliphatic carbocycles. The van der Waals surface area contributed by atoms with Crippen LogP contribution in [0.4, 0.5) is 0 Å². The van der Waals surface area contributed by atoms with Gasteiger partial charge in [0.15, 0.2) is 0 Å². The average Bonchev–Trinajstić information content (AvgIpc) is 2.37. The van der Waals surface area contributed by atoms with Gasteiger partial charge in [-0.25, -0.2) is 0 Å². The lowest BCUT2D eigenvalue weighted by molar-refractivity contribution is -0.121. The Kier molecular flexibility index (Phi) is 3.42. The normalized spacial score (nSPS) is 32.8. The fraction of sp³-hybridized carbons (Fsp3) is 0.800. The number of fused-ring (bicyclic) bond motifs is 1. The average molecular weight is 248 g/mol. The summed E-state index contributed by atoms with van der Waals surface area (Å²) in [5, 5.41) is 3.12. The Morgan fingerprint density at radius 1 is 1.33 bits per heavy atom. The van der Waals surface area contributed by atoms with Gasteiger partial charge >= 0.3 is 0 Å². The number of likely N-dealkylation sites (tertiary alicyclic amines) is 1. The van der Waals surface area contributed by atoms with Crippen LogP contribution in [0.1, 0.15) is 51.9 Å². The van der Waals surface area contributed by atoms with Gasteiger partial charge in [-0.3, -0.25) is 9.69 Å². The summed E-state index contributed by atoms with van der Waals surface area (Å²) in [6.07, 6.45) is 7.96. The molecule has 0 radical (unpaired) electrons. The SMILES string of the molecule is CCCN1CCC[C@@H]2CC3=C(CCC(=O)N3)C[C@H]21. The molecule has 0 bridgehead atoms. The number of piperidine rings is 1. The van der Waals surface area contributed by atoms with Crippen molar-refractivity contribution in [2.24, 2.45) is 5.92 Å². The van der Waals surface area contributed by atoms with E-state index in [9.17, 15) is 4.79 Å². The van der Waals surface area contributed by atoms with E-state index in [2.05, 4.69) is 17.1 Å². The maximum absolute atomic E-state index is 11.5. The van der Waals surface area contributed by atoms with Crippen LogP contribution in [-0.2, 0) is 4.79 Å². The van der Waals surface area contributed by atoms with E-state index in [-0.39, 0.29) is 5.91 Å². The molecule has 3 heteroatoms. The van der Waals surface area contributed by atoms with Crippen LogP contribution >= 0.6 is 0 Å². The van der Waals surface area contributed by atoms with E-state index in [1.165, 1.54) is 44.5 Å². The van der Waals surface area contributed by atoms with Gasteiger partial charge in [0.05, 0.1) is 0 Å². The second kappa shape index (κ2) is 5.04. The molecule has 2 aliphatic heterocycles. The Bertz CT molecular complexity index is 373. The summed E-state index contributed by atoms with van der Waals surface area (Å²) in [5.74, 6) is 1.01. The molecule has 1 saturated heterocycles. The van der Waals surface area contributed by atoms with E-state index < -0.39 is 0 Å². The summed E-state index contributed by atoms with van der Waals surface area (Å²) < 4.78 is 0. The van der Waals surface area contributed by atoms with Gasteiger partial charge in [-0.1, -0.05) is 6.92 Å². The van der Waals surface area contributed by atoms with Crippen LogP contribution in [0.5, 0.6) is 0 Å². The standard InChI is InChI=1S/C15H24N2O/c1-2-7-17-8-3-4-12-9-13-11(10-14(12)17)5-6-15(18)16-13/h12,14H,2-10H2,1H3,(H,16,18)/t12-,14-/m1/s1. The van der Waals surface area contributed by atoms with Crippen molar-refractivity contribution in [1.29, 1.82) is 0 Å². The number of rotatable bonds is 2. The van der Waals surface area contributed by atoms with Gasteiger partial charge in [0, 0.05) is 18.2 Å². The summed E-state index contributed by atoms with van der Waals surface area (Å²) in [6, 6.07) is 0.757. The topological polar surface area (TPSA) is 32.3 Å². The summed E-state index contributed by atoms with van der Waals surface area (Å²) in [5.41, 5.74) is 2.82. The van der Waals surface area contributed by atoms with Crippen molar-refractivity contribution in [3.05, 3.63) is 11.3 Å². The van der Waals surface area contributed by atoms with Gasteiger partial charge in [0.2, 0.25) is 5.91 Å². The molecule has 0 spiro atoms. The van der Waals surface area contributed by atoms with Gasteiger partial charge in [-0.05, 0) is 63.1 Å². The second-order valence-electron chi connectivity index (χ2n) is 6.04. The highest BCUT2D eigenvalue weighted by Crippen LogP contribution is 2.40. The Hall–Kier alpha value is -0.830. The van der Waals surface area contributed by atoms with Crippen LogP contribution in [0.25, 0.3) is 0 Å². The Morgan fingerprint density at radius 2 is 2.22 bits per heavy atom. The molecule has 2 heterocycles. The maximum atomic E-state index is 11.5. The first-order chi connectivity index (χ1) is 8.78. The van der Waals surface area contributed by atoms with Crippen LogP contribution in [0.2, 0.25) is 0 Å². The van der Waals surface area contributed by atoms with Gasteiger partial charge in [-0.2, -0.15) is 0 Å². The zero-order valence-corrected chi connectivity index (χ0v) is 11.4. The second-order valence-corrected chi connectivity index (χ2v) is 6.04. The fourth-order valence-corrected chi connectivity index (χ4v) is 3.98. The van der Waals surface area contributed by atoms with Gasteiger partial charge < -0.3 is 5.32 Å². The molecule has 100 valence electrons. The number of hydrogen-bond acceptors (Lipinski definition) is 2. The molecule has 3 nitrogen and oxygen atoms in total. The number of carbonyl (C=O) groups excluding carboxylic acids is 1. The van der Waals surface area contributed by atoms with Crippen molar-refractivity contribution in [3.63, 3.8) is 0 Å². The number of nitrogens with one attached hydrogen (secondary N) is 1. The summed E-state index contributed by atoms with van der Waals surface area (Å²) >= 11 is 0. The van der Waals surface area contributed by atoms with Crippen LogP contribution in [0, 0.1) is 5.92 Å². The fourth-order valence-electron chi connectivity index (χ4n) is 3.98. The largest absolute Gasteiger partial charge is 0.330 e. The highest BCUT2D eigenvalue weighted by atomic mass is 16.1. The lowest BCUT2D eigenvalue weighted by Gasteiger charge is -2.46. The highest BCUT2D eigenvalue weighted by Gasteiger charge is 2.37. The smallest absolute Gasteiger partial charge is 0.224 e. The molecule has 0 saturated carbocycles. The summed E-state index contributed by atoms with van der Waals surface area (Å²) in [6.45, 7) is 4.80. The van der Waals surface area contributed by atoms with E-state index in [1.807, 2.05) is 0 Å². The number of nitrogens with zero attached hydrogens (tertiary/aromatic N) is 1. The van der Waals surface area contributed by atoms with Crippen molar-refractivity contribution >= 4 is 5.91 Å².